The molecule has 108 valence electrons. The maximum absolute atomic E-state index is 11.7. The molecule has 2 N–H and O–H groups in total. The Labute approximate surface area is 121 Å². The maximum atomic E-state index is 11.7. The van der Waals surface area contributed by atoms with Crippen LogP contribution < -0.4 is 10.6 Å². The van der Waals surface area contributed by atoms with Gasteiger partial charge in [0.05, 0.1) is 12.5 Å². The van der Waals surface area contributed by atoms with Gasteiger partial charge in [-0.3, -0.25) is 19.4 Å². The van der Waals surface area contributed by atoms with Crippen molar-refractivity contribution in [3.05, 3.63) is 42.2 Å². The summed E-state index contributed by atoms with van der Waals surface area (Å²) in [6.45, 7) is 0.215. The summed E-state index contributed by atoms with van der Waals surface area (Å²) >= 11 is 0. The number of nitrogens with one attached hydrogen (secondary N) is 2. The minimum atomic E-state index is -0.617. The lowest BCUT2D eigenvalue weighted by Crippen LogP contribution is -2.39. The molecule has 0 saturated carbocycles. The molecule has 3 amide bonds. The van der Waals surface area contributed by atoms with E-state index in [2.05, 4.69) is 20.6 Å². The Hall–Kier alpha value is -2.83. The zero-order valence-electron chi connectivity index (χ0n) is 11.2. The lowest BCUT2D eigenvalue weighted by Gasteiger charge is -2.11. The van der Waals surface area contributed by atoms with Crippen LogP contribution in [0.1, 0.15) is 5.56 Å². The third-order valence-electron chi connectivity index (χ3n) is 2.75. The first-order chi connectivity index (χ1) is 10.1. The Bertz CT molecular complexity index is 579. The molecular weight excluding hydrogens is 272 g/mol. The molecule has 1 unspecified atom stereocenters. The molecule has 0 aromatic carbocycles. The molecule has 0 radical (unpaired) electrons. The summed E-state index contributed by atoms with van der Waals surface area (Å²) in [6, 6.07) is 3.62. The molecule has 0 fully saturated rings. The van der Waals surface area contributed by atoms with Crippen LogP contribution in [-0.4, -0.2) is 35.5 Å². The van der Waals surface area contributed by atoms with Gasteiger partial charge < -0.3 is 10.6 Å². The van der Waals surface area contributed by atoms with E-state index in [0.717, 1.165) is 5.56 Å². The topological polar surface area (TPSA) is 101 Å². The monoisotopic (exact) mass is 286 g/mol. The average Bonchev–Trinajstić information content (AvgIpc) is 2.52. The fourth-order valence-corrected chi connectivity index (χ4v) is 1.64. The Balaban J connectivity index is 1.71. The first kappa shape index (κ1) is 14.6. The fourth-order valence-electron chi connectivity index (χ4n) is 1.64. The first-order valence-electron chi connectivity index (χ1n) is 6.35. The minimum absolute atomic E-state index is 0.134. The van der Waals surface area contributed by atoms with Gasteiger partial charge >= 0.3 is 0 Å². The van der Waals surface area contributed by atoms with Crippen LogP contribution in [0.15, 0.2) is 41.7 Å². The van der Waals surface area contributed by atoms with E-state index >= 15 is 0 Å². The molecule has 1 aliphatic heterocycles. The number of hydrogen-bond donors (Lipinski definition) is 2. The summed E-state index contributed by atoms with van der Waals surface area (Å²) in [5.41, 5.74) is 0.873. The molecule has 2 rings (SSSR count). The largest absolute Gasteiger partial charge is 0.350 e. The van der Waals surface area contributed by atoms with E-state index in [1.54, 1.807) is 18.5 Å². The van der Waals surface area contributed by atoms with E-state index in [-0.39, 0.29) is 18.4 Å². The van der Waals surface area contributed by atoms with E-state index in [4.69, 9.17) is 0 Å². The fraction of sp³-hybridized carbons (Fsp3) is 0.214. The summed E-state index contributed by atoms with van der Waals surface area (Å²) < 4.78 is 0. The molecule has 7 heteroatoms. The highest BCUT2D eigenvalue weighted by molar-refractivity contribution is 6.05. The van der Waals surface area contributed by atoms with Crippen molar-refractivity contribution in [2.24, 2.45) is 10.9 Å². The molecule has 0 spiro atoms. The molecule has 1 atom stereocenters. The number of nitrogens with zero attached hydrogens (tertiary/aromatic N) is 2. The summed E-state index contributed by atoms with van der Waals surface area (Å²) in [6.07, 6.45) is 7.23. The van der Waals surface area contributed by atoms with Crippen molar-refractivity contribution < 1.29 is 14.4 Å². The predicted octanol–water partition coefficient (Wildman–Crippen LogP) is -0.403. The van der Waals surface area contributed by atoms with E-state index in [1.165, 1.54) is 18.4 Å². The number of rotatable bonds is 5. The number of hydrogen-bond acceptors (Lipinski definition) is 4. The number of carbonyl (C=O) groups is 3. The Morgan fingerprint density at radius 3 is 2.81 bits per heavy atom. The number of carbonyl (C=O) groups excluding carboxylic acids is 3. The third-order valence-corrected chi connectivity index (χ3v) is 2.75. The highest BCUT2D eigenvalue weighted by atomic mass is 16.2. The van der Waals surface area contributed by atoms with E-state index in [9.17, 15) is 14.4 Å². The number of aromatic nitrogens is 1. The van der Waals surface area contributed by atoms with Gasteiger partial charge in [-0.25, -0.2) is 4.99 Å². The molecule has 0 aliphatic carbocycles. The van der Waals surface area contributed by atoms with Gasteiger partial charge in [0.1, 0.15) is 0 Å². The Morgan fingerprint density at radius 1 is 1.29 bits per heavy atom. The van der Waals surface area contributed by atoms with Crippen molar-refractivity contribution in [1.82, 2.24) is 15.6 Å². The molecule has 0 bridgehead atoms. The average molecular weight is 286 g/mol. The zero-order chi connectivity index (χ0) is 15.1. The molecule has 1 aromatic rings. The lowest BCUT2D eigenvalue weighted by atomic mass is 10.1. The Morgan fingerprint density at radius 2 is 2.14 bits per heavy atom. The lowest BCUT2D eigenvalue weighted by molar-refractivity contribution is -0.126. The molecule has 1 aromatic heterocycles. The molecular formula is C14H14N4O3. The number of pyridine rings is 1. The summed E-state index contributed by atoms with van der Waals surface area (Å²) in [5, 5.41) is 5.15. The molecule has 7 nitrogen and oxygen atoms in total. The highest BCUT2D eigenvalue weighted by Crippen LogP contribution is 2.01. The second-order valence-electron chi connectivity index (χ2n) is 4.36. The molecule has 21 heavy (non-hydrogen) atoms. The molecule has 0 saturated heterocycles. The van der Waals surface area contributed by atoms with Crippen molar-refractivity contribution in [3.63, 3.8) is 0 Å². The second kappa shape index (κ2) is 7.09. The maximum Gasteiger partial charge on any atom is 0.269 e. The number of dihydropyridines is 1. The van der Waals surface area contributed by atoms with Crippen molar-refractivity contribution in [1.29, 1.82) is 0 Å². The Kier molecular flexibility index (Phi) is 4.92. The van der Waals surface area contributed by atoms with E-state index < -0.39 is 11.8 Å². The van der Waals surface area contributed by atoms with Crippen molar-refractivity contribution in [2.75, 3.05) is 6.54 Å². The summed E-state index contributed by atoms with van der Waals surface area (Å²) in [5.74, 6) is -1.69. The smallest absolute Gasteiger partial charge is 0.269 e. The zero-order valence-corrected chi connectivity index (χ0v) is 11.2. The van der Waals surface area contributed by atoms with Crippen LogP contribution in [0.3, 0.4) is 0 Å². The van der Waals surface area contributed by atoms with Crippen LogP contribution in [-0.2, 0) is 20.9 Å². The van der Waals surface area contributed by atoms with E-state index in [1.807, 2.05) is 6.07 Å². The van der Waals surface area contributed by atoms with Crippen molar-refractivity contribution >= 4 is 23.9 Å². The normalized spacial score (nSPS) is 16.6. The van der Waals surface area contributed by atoms with Crippen LogP contribution in [0.4, 0.5) is 0 Å². The van der Waals surface area contributed by atoms with Crippen LogP contribution in [0, 0.1) is 5.92 Å². The number of amides is 3. The summed E-state index contributed by atoms with van der Waals surface area (Å²) in [7, 11) is 0. The first-order valence-corrected chi connectivity index (χ1v) is 6.35. The molecule has 1 aliphatic rings. The summed E-state index contributed by atoms with van der Waals surface area (Å²) in [4.78, 5) is 41.6. The third kappa shape index (κ3) is 4.64. The van der Waals surface area contributed by atoms with Crippen molar-refractivity contribution in [2.45, 2.75) is 6.54 Å². The van der Waals surface area contributed by atoms with Gasteiger partial charge in [-0.05, 0) is 11.6 Å². The van der Waals surface area contributed by atoms with Crippen LogP contribution in [0.5, 0.6) is 0 Å². The molecule has 2 heterocycles. The van der Waals surface area contributed by atoms with Gasteiger partial charge in [-0.2, -0.15) is 0 Å². The highest BCUT2D eigenvalue weighted by Gasteiger charge is 2.17. The van der Waals surface area contributed by atoms with Crippen LogP contribution >= 0.6 is 0 Å². The SMILES string of the molecule is O=C1C=CC(C(=O)NCC(=O)NCc2cccnc2)C=N1. The van der Waals surface area contributed by atoms with Gasteiger partial charge in [0, 0.05) is 31.2 Å². The second-order valence-corrected chi connectivity index (χ2v) is 4.36. The quantitative estimate of drug-likeness (QED) is 0.769. The van der Waals surface area contributed by atoms with Gasteiger partial charge in [0.2, 0.25) is 11.8 Å². The van der Waals surface area contributed by atoms with Crippen LogP contribution in [0.2, 0.25) is 0 Å². The standard InChI is InChI=1S/C14H14N4O3/c19-12-4-3-11(8-17-12)14(21)18-9-13(20)16-7-10-2-1-5-15-6-10/h1-6,8,11H,7,9H2,(H,16,20)(H,18,21). The van der Waals surface area contributed by atoms with Gasteiger partial charge in [-0.1, -0.05) is 12.1 Å². The van der Waals surface area contributed by atoms with Gasteiger partial charge in [0.25, 0.3) is 5.91 Å². The number of aliphatic imine (C=N–C) groups is 1. The van der Waals surface area contributed by atoms with Gasteiger partial charge in [0.15, 0.2) is 0 Å². The van der Waals surface area contributed by atoms with Crippen molar-refractivity contribution in [3.8, 4) is 0 Å². The van der Waals surface area contributed by atoms with E-state index in [0.29, 0.717) is 6.54 Å². The van der Waals surface area contributed by atoms with Crippen LogP contribution in [0.25, 0.3) is 0 Å². The minimum Gasteiger partial charge on any atom is -0.350 e. The predicted molar refractivity (Wildman–Crippen MR) is 75.2 cm³/mol. The van der Waals surface area contributed by atoms with Gasteiger partial charge in [-0.15, -0.1) is 0 Å².